The Kier molecular flexibility index (Phi) is 6.09. The van der Waals surface area contributed by atoms with Crippen LogP contribution in [0.25, 0.3) is 0 Å². The molecule has 7 nitrogen and oxygen atoms in total. The Labute approximate surface area is 140 Å². The number of piperazine rings is 1. The third kappa shape index (κ3) is 4.28. The van der Waals surface area contributed by atoms with Crippen molar-refractivity contribution < 1.29 is 9.32 Å². The van der Waals surface area contributed by atoms with Crippen molar-refractivity contribution in [2.75, 3.05) is 26.2 Å². The number of hydrogen-bond donors (Lipinski definition) is 1. The van der Waals surface area contributed by atoms with Crippen molar-refractivity contribution >= 4 is 18.3 Å². The summed E-state index contributed by atoms with van der Waals surface area (Å²) in [5.41, 5.74) is 6.19. The van der Waals surface area contributed by atoms with Gasteiger partial charge in [0.1, 0.15) is 0 Å². The fourth-order valence-electron chi connectivity index (χ4n) is 2.51. The molecule has 2 aromatic rings. The Morgan fingerprint density at radius 2 is 1.87 bits per heavy atom. The quantitative estimate of drug-likeness (QED) is 0.892. The second kappa shape index (κ2) is 8.05. The number of benzene rings is 1. The van der Waals surface area contributed by atoms with Crippen molar-refractivity contribution in [1.82, 2.24) is 19.9 Å². The zero-order chi connectivity index (χ0) is 15.4. The molecule has 1 saturated heterocycles. The van der Waals surface area contributed by atoms with Gasteiger partial charge in [0, 0.05) is 31.7 Å². The number of halogens is 1. The summed E-state index contributed by atoms with van der Waals surface area (Å²) in [7, 11) is 0. The van der Waals surface area contributed by atoms with E-state index in [9.17, 15) is 4.79 Å². The molecular weight excluding hydrogens is 318 g/mol. The van der Waals surface area contributed by atoms with Gasteiger partial charge in [-0.2, -0.15) is 4.98 Å². The highest BCUT2D eigenvalue weighted by Crippen LogP contribution is 2.10. The van der Waals surface area contributed by atoms with Gasteiger partial charge < -0.3 is 15.2 Å². The number of aromatic nitrogens is 2. The van der Waals surface area contributed by atoms with Gasteiger partial charge in [-0.05, 0) is 12.1 Å². The maximum absolute atomic E-state index is 12.4. The first-order valence-corrected chi connectivity index (χ1v) is 7.34. The molecular formula is C15H20ClN5O2. The third-order valence-corrected chi connectivity index (χ3v) is 3.73. The summed E-state index contributed by atoms with van der Waals surface area (Å²) in [6.07, 6.45) is 0. The molecule has 0 unspecified atom stereocenters. The van der Waals surface area contributed by atoms with Crippen LogP contribution >= 0.6 is 12.4 Å². The molecule has 0 spiro atoms. The second-order valence-corrected chi connectivity index (χ2v) is 5.24. The number of amides is 1. The normalized spacial score (nSPS) is 15.3. The van der Waals surface area contributed by atoms with Gasteiger partial charge in [0.2, 0.25) is 5.89 Å². The van der Waals surface area contributed by atoms with E-state index in [1.54, 1.807) is 0 Å². The number of carbonyl (C=O) groups is 1. The van der Waals surface area contributed by atoms with E-state index in [1.165, 1.54) is 0 Å². The van der Waals surface area contributed by atoms with Gasteiger partial charge in [-0.3, -0.25) is 9.69 Å². The summed E-state index contributed by atoms with van der Waals surface area (Å²) in [5.74, 6) is 1.18. The maximum atomic E-state index is 12.4. The molecule has 124 valence electrons. The van der Waals surface area contributed by atoms with Gasteiger partial charge in [0.05, 0.1) is 13.1 Å². The second-order valence-electron chi connectivity index (χ2n) is 5.24. The average Bonchev–Trinajstić information content (AvgIpc) is 3.03. The summed E-state index contributed by atoms with van der Waals surface area (Å²) >= 11 is 0. The van der Waals surface area contributed by atoms with Crippen LogP contribution in [-0.4, -0.2) is 52.0 Å². The Bertz CT molecular complexity index is 626. The van der Waals surface area contributed by atoms with E-state index < -0.39 is 0 Å². The highest BCUT2D eigenvalue weighted by molar-refractivity contribution is 5.94. The van der Waals surface area contributed by atoms with Crippen LogP contribution in [0.3, 0.4) is 0 Å². The fraction of sp³-hybridized carbons (Fsp3) is 0.400. The lowest BCUT2D eigenvalue weighted by molar-refractivity contribution is 0.0624. The Morgan fingerprint density at radius 3 is 2.48 bits per heavy atom. The molecule has 0 bridgehead atoms. The molecule has 1 aliphatic rings. The molecule has 2 heterocycles. The zero-order valence-corrected chi connectivity index (χ0v) is 13.5. The van der Waals surface area contributed by atoms with Gasteiger partial charge in [-0.1, -0.05) is 23.4 Å². The molecule has 1 aromatic heterocycles. The monoisotopic (exact) mass is 337 g/mol. The van der Waals surface area contributed by atoms with Gasteiger partial charge in [0.25, 0.3) is 5.91 Å². The third-order valence-electron chi connectivity index (χ3n) is 3.73. The molecule has 1 aliphatic heterocycles. The van der Waals surface area contributed by atoms with Crippen molar-refractivity contribution in [2.24, 2.45) is 5.73 Å². The van der Waals surface area contributed by atoms with Crippen molar-refractivity contribution in [3.05, 3.63) is 47.6 Å². The maximum Gasteiger partial charge on any atom is 0.253 e. The first kappa shape index (κ1) is 17.4. The summed E-state index contributed by atoms with van der Waals surface area (Å²) in [4.78, 5) is 20.7. The Morgan fingerprint density at radius 1 is 1.17 bits per heavy atom. The van der Waals surface area contributed by atoms with Crippen LogP contribution in [0.15, 0.2) is 34.9 Å². The molecule has 1 fully saturated rings. The Balaban J connectivity index is 0.00000192. The molecule has 23 heavy (non-hydrogen) atoms. The highest BCUT2D eigenvalue weighted by atomic mass is 35.5. The summed E-state index contributed by atoms with van der Waals surface area (Å²) in [6, 6.07) is 9.38. The smallest absolute Gasteiger partial charge is 0.253 e. The van der Waals surface area contributed by atoms with Crippen molar-refractivity contribution in [2.45, 2.75) is 13.1 Å². The molecule has 1 aromatic carbocycles. The van der Waals surface area contributed by atoms with Gasteiger partial charge in [-0.15, -0.1) is 12.4 Å². The lowest BCUT2D eigenvalue weighted by Crippen LogP contribution is -2.48. The van der Waals surface area contributed by atoms with Gasteiger partial charge in [0.15, 0.2) is 5.82 Å². The minimum atomic E-state index is 0. The number of hydrogen-bond acceptors (Lipinski definition) is 6. The number of nitrogens with two attached hydrogens (primary N) is 1. The van der Waals surface area contributed by atoms with E-state index >= 15 is 0 Å². The van der Waals surface area contributed by atoms with Crippen LogP contribution in [0.2, 0.25) is 0 Å². The summed E-state index contributed by atoms with van der Waals surface area (Å²) in [5, 5.41) is 3.89. The molecule has 1 amide bonds. The molecule has 0 atom stereocenters. The van der Waals surface area contributed by atoms with Crippen molar-refractivity contribution in [3.8, 4) is 0 Å². The number of carbonyl (C=O) groups excluding carboxylic acids is 1. The predicted octanol–water partition coefficient (Wildman–Crippen LogP) is 0.908. The van der Waals surface area contributed by atoms with E-state index in [0.29, 0.717) is 31.3 Å². The molecule has 0 saturated carbocycles. The van der Waals surface area contributed by atoms with E-state index in [2.05, 4.69) is 15.0 Å². The SMILES string of the molecule is Cl.NCc1nc(CN2CCN(C(=O)c3ccccc3)CC2)no1. The lowest BCUT2D eigenvalue weighted by atomic mass is 10.2. The predicted molar refractivity (Wildman–Crippen MR) is 87.1 cm³/mol. The van der Waals surface area contributed by atoms with Crippen LogP contribution < -0.4 is 5.73 Å². The lowest BCUT2D eigenvalue weighted by Gasteiger charge is -2.34. The van der Waals surface area contributed by atoms with E-state index in [4.69, 9.17) is 10.3 Å². The Hall–Kier alpha value is -1.96. The fourth-order valence-corrected chi connectivity index (χ4v) is 2.51. The molecule has 8 heteroatoms. The zero-order valence-electron chi connectivity index (χ0n) is 12.7. The minimum absolute atomic E-state index is 0. The van der Waals surface area contributed by atoms with Crippen molar-refractivity contribution in [3.63, 3.8) is 0 Å². The van der Waals surface area contributed by atoms with Crippen LogP contribution in [0.1, 0.15) is 22.1 Å². The molecule has 3 rings (SSSR count). The van der Waals surface area contributed by atoms with E-state index in [1.807, 2.05) is 35.2 Å². The molecule has 0 aliphatic carbocycles. The highest BCUT2D eigenvalue weighted by Gasteiger charge is 2.22. The average molecular weight is 338 g/mol. The topological polar surface area (TPSA) is 88.5 Å². The van der Waals surface area contributed by atoms with Crippen LogP contribution in [0.4, 0.5) is 0 Å². The number of nitrogens with zero attached hydrogens (tertiary/aromatic N) is 4. The standard InChI is InChI=1S/C15H19N5O2.ClH/c16-10-14-17-13(18-22-14)11-19-6-8-20(9-7-19)15(21)12-4-2-1-3-5-12;/h1-5H,6-11,16H2;1H. The number of rotatable bonds is 4. The summed E-state index contributed by atoms with van der Waals surface area (Å²) in [6.45, 7) is 3.88. The largest absolute Gasteiger partial charge is 0.338 e. The first-order valence-electron chi connectivity index (χ1n) is 7.34. The molecule has 2 N–H and O–H groups in total. The van der Waals surface area contributed by atoms with Crippen LogP contribution in [-0.2, 0) is 13.1 Å². The minimum Gasteiger partial charge on any atom is -0.338 e. The van der Waals surface area contributed by atoms with E-state index in [-0.39, 0.29) is 24.9 Å². The van der Waals surface area contributed by atoms with Gasteiger partial charge >= 0.3 is 0 Å². The van der Waals surface area contributed by atoms with E-state index in [0.717, 1.165) is 18.7 Å². The van der Waals surface area contributed by atoms with Gasteiger partial charge in [-0.25, -0.2) is 0 Å². The van der Waals surface area contributed by atoms with Crippen molar-refractivity contribution in [1.29, 1.82) is 0 Å². The molecule has 0 radical (unpaired) electrons. The van der Waals surface area contributed by atoms with Crippen LogP contribution in [0, 0.1) is 0 Å². The van der Waals surface area contributed by atoms with Crippen LogP contribution in [0.5, 0.6) is 0 Å². The summed E-state index contributed by atoms with van der Waals surface area (Å²) < 4.78 is 5.00. The first-order chi connectivity index (χ1) is 10.8.